The van der Waals surface area contributed by atoms with Gasteiger partial charge >= 0.3 is 0 Å². The predicted octanol–water partition coefficient (Wildman–Crippen LogP) is 0.785. The Morgan fingerprint density at radius 1 is 0.647 bits per heavy atom. The quantitative estimate of drug-likeness (QED) is 0.500. The van der Waals surface area contributed by atoms with Crippen LogP contribution in [0.25, 0.3) is 0 Å². The molecule has 0 aliphatic carbocycles. The molecule has 4 heteroatoms. The van der Waals surface area contributed by atoms with Crippen molar-refractivity contribution in [1.29, 1.82) is 0 Å². The van der Waals surface area contributed by atoms with Gasteiger partial charge in [-0.15, -0.1) is 0 Å². The SMILES string of the molecule is CN(C)CCCN(CCCCO)CCCCO. The summed E-state index contributed by atoms with van der Waals surface area (Å²) < 4.78 is 0. The van der Waals surface area contributed by atoms with E-state index in [9.17, 15) is 0 Å². The summed E-state index contributed by atoms with van der Waals surface area (Å²) in [5, 5.41) is 17.6. The Kier molecular flexibility index (Phi) is 12.2. The van der Waals surface area contributed by atoms with Crippen LogP contribution in [0.3, 0.4) is 0 Å². The molecule has 0 saturated heterocycles. The average Bonchev–Trinajstić information content (AvgIpc) is 2.28. The van der Waals surface area contributed by atoms with Crippen molar-refractivity contribution in [3.63, 3.8) is 0 Å². The molecule has 0 aliphatic heterocycles. The van der Waals surface area contributed by atoms with Crippen molar-refractivity contribution in [2.45, 2.75) is 32.1 Å². The lowest BCUT2D eigenvalue weighted by Crippen LogP contribution is -2.29. The molecule has 17 heavy (non-hydrogen) atoms. The van der Waals surface area contributed by atoms with E-state index in [1.165, 1.54) is 6.42 Å². The van der Waals surface area contributed by atoms with Crippen molar-refractivity contribution >= 4 is 0 Å². The second-order valence-electron chi connectivity index (χ2n) is 4.86. The van der Waals surface area contributed by atoms with Gasteiger partial charge in [-0.2, -0.15) is 0 Å². The molecule has 0 amide bonds. The number of rotatable bonds is 12. The Bertz CT molecular complexity index is 144. The molecule has 0 rings (SSSR count). The summed E-state index contributed by atoms with van der Waals surface area (Å²) in [6.45, 7) is 4.97. The fourth-order valence-electron chi connectivity index (χ4n) is 1.84. The highest BCUT2D eigenvalue weighted by molar-refractivity contribution is 4.60. The van der Waals surface area contributed by atoms with Crippen LogP contribution in [0.1, 0.15) is 32.1 Å². The monoisotopic (exact) mass is 246 g/mol. The molecule has 0 aliphatic rings. The molecule has 0 spiro atoms. The molecule has 0 radical (unpaired) electrons. The van der Waals surface area contributed by atoms with Crippen LogP contribution in [0.5, 0.6) is 0 Å². The third kappa shape index (κ3) is 12.1. The van der Waals surface area contributed by atoms with Crippen molar-refractivity contribution in [3.8, 4) is 0 Å². The number of unbranched alkanes of at least 4 members (excludes halogenated alkanes) is 2. The molecule has 104 valence electrons. The van der Waals surface area contributed by atoms with Crippen molar-refractivity contribution in [1.82, 2.24) is 9.80 Å². The van der Waals surface area contributed by atoms with Crippen LogP contribution >= 0.6 is 0 Å². The van der Waals surface area contributed by atoms with Gasteiger partial charge in [-0.3, -0.25) is 0 Å². The summed E-state index contributed by atoms with van der Waals surface area (Å²) in [4.78, 5) is 4.66. The Morgan fingerprint density at radius 3 is 1.53 bits per heavy atom. The molecule has 0 heterocycles. The van der Waals surface area contributed by atoms with Gasteiger partial charge < -0.3 is 20.0 Å². The van der Waals surface area contributed by atoms with E-state index in [-0.39, 0.29) is 0 Å². The smallest absolute Gasteiger partial charge is 0.0431 e. The molecular weight excluding hydrogens is 216 g/mol. The molecule has 0 aromatic heterocycles. The summed E-state index contributed by atoms with van der Waals surface area (Å²) in [7, 11) is 4.20. The fraction of sp³-hybridized carbons (Fsp3) is 1.00. The van der Waals surface area contributed by atoms with Crippen LogP contribution in [0.15, 0.2) is 0 Å². The molecule has 0 aromatic carbocycles. The lowest BCUT2D eigenvalue weighted by Gasteiger charge is -2.23. The van der Waals surface area contributed by atoms with E-state index < -0.39 is 0 Å². The van der Waals surface area contributed by atoms with E-state index in [1.807, 2.05) is 0 Å². The van der Waals surface area contributed by atoms with Crippen molar-refractivity contribution in [3.05, 3.63) is 0 Å². The topological polar surface area (TPSA) is 46.9 Å². The summed E-state index contributed by atoms with van der Waals surface area (Å²) in [6, 6.07) is 0. The highest BCUT2D eigenvalue weighted by atomic mass is 16.3. The first-order chi connectivity index (χ1) is 8.20. The average molecular weight is 246 g/mol. The minimum Gasteiger partial charge on any atom is -0.396 e. The van der Waals surface area contributed by atoms with Crippen LogP contribution in [-0.4, -0.2) is 73.5 Å². The first kappa shape index (κ1) is 16.8. The van der Waals surface area contributed by atoms with E-state index in [1.54, 1.807) is 0 Å². The van der Waals surface area contributed by atoms with E-state index >= 15 is 0 Å². The molecule has 0 unspecified atom stereocenters. The zero-order chi connectivity index (χ0) is 12.9. The van der Waals surface area contributed by atoms with Gasteiger partial charge in [0.25, 0.3) is 0 Å². The standard InChI is InChI=1S/C13H30N2O2/c1-14(2)8-7-11-15(9-3-5-12-16)10-4-6-13-17/h16-17H,3-13H2,1-2H3. The fourth-order valence-corrected chi connectivity index (χ4v) is 1.84. The molecule has 2 N–H and O–H groups in total. The molecule has 4 nitrogen and oxygen atoms in total. The van der Waals surface area contributed by atoms with Gasteiger partial charge in [0.1, 0.15) is 0 Å². The van der Waals surface area contributed by atoms with Gasteiger partial charge in [-0.25, -0.2) is 0 Å². The first-order valence-electron chi connectivity index (χ1n) is 6.79. The summed E-state index contributed by atoms with van der Waals surface area (Å²) in [6.07, 6.45) is 5.11. The maximum absolute atomic E-state index is 8.78. The third-order valence-electron chi connectivity index (χ3n) is 2.84. The molecule has 0 bridgehead atoms. The van der Waals surface area contributed by atoms with Crippen molar-refractivity contribution in [2.24, 2.45) is 0 Å². The lowest BCUT2D eigenvalue weighted by atomic mass is 10.2. The summed E-state index contributed by atoms with van der Waals surface area (Å²) in [5.74, 6) is 0. The normalized spacial score (nSPS) is 11.6. The first-order valence-corrected chi connectivity index (χ1v) is 6.79. The van der Waals surface area contributed by atoms with Crippen LogP contribution in [0.2, 0.25) is 0 Å². The third-order valence-corrected chi connectivity index (χ3v) is 2.84. The van der Waals surface area contributed by atoms with Crippen LogP contribution in [0.4, 0.5) is 0 Å². The van der Waals surface area contributed by atoms with Crippen molar-refractivity contribution < 1.29 is 10.2 Å². The van der Waals surface area contributed by atoms with Gasteiger partial charge in [0.15, 0.2) is 0 Å². The Hall–Kier alpha value is -0.160. The van der Waals surface area contributed by atoms with Crippen LogP contribution < -0.4 is 0 Å². The highest BCUT2D eigenvalue weighted by Crippen LogP contribution is 2.01. The number of nitrogens with zero attached hydrogens (tertiary/aromatic N) is 2. The maximum atomic E-state index is 8.78. The van der Waals surface area contributed by atoms with Gasteiger partial charge in [0, 0.05) is 13.2 Å². The minimum atomic E-state index is 0.294. The number of hydrogen-bond acceptors (Lipinski definition) is 4. The van der Waals surface area contributed by atoms with Gasteiger partial charge in [0.05, 0.1) is 0 Å². The summed E-state index contributed by atoms with van der Waals surface area (Å²) >= 11 is 0. The van der Waals surface area contributed by atoms with E-state index in [2.05, 4.69) is 23.9 Å². The van der Waals surface area contributed by atoms with Crippen LogP contribution in [0, 0.1) is 0 Å². The van der Waals surface area contributed by atoms with E-state index in [0.29, 0.717) is 13.2 Å². The zero-order valence-corrected chi connectivity index (χ0v) is 11.6. The van der Waals surface area contributed by atoms with Gasteiger partial charge in [-0.1, -0.05) is 0 Å². The predicted molar refractivity (Wildman–Crippen MR) is 72.3 cm³/mol. The minimum absolute atomic E-state index is 0.294. The van der Waals surface area contributed by atoms with Crippen molar-refractivity contribution in [2.75, 3.05) is 53.5 Å². The maximum Gasteiger partial charge on any atom is 0.0431 e. The van der Waals surface area contributed by atoms with E-state index in [4.69, 9.17) is 10.2 Å². The number of hydrogen-bond donors (Lipinski definition) is 2. The van der Waals surface area contributed by atoms with Gasteiger partial charge in [0.2, 0.25) is 0 Å². The molecule has 0 aromatic rings. The Labute approximate surface area is 106 Å². The zero-order valence-electron chi connectivity index (χ0n) is 11.6. The second kappa shape index (κ2) is 12.3. The highest BCUT2D eigenvalue weighted by Gasteiger charge is 2.04. The Balaban J connectivity index is 3.67. The largest absolute Gasteiger partial charge is 0.396 e. The Morgan fingerprint density at radius 2 is 1.12 bits per heavy atom. The molecular formula is C13H30N2O2. The van der Waals surface area contributed by atoms with E-state index in [0.717, 1.165) is 51.9 Å². The molecule has 0 atom stereocenters. The number of aliphatic hydroxyl groups excluding tert-OH is 2. The molecule has 0 fully saturated rings. The molecule has 0 saturated carbocycles. The van der Waals surface area contributed by atoms with Gasteiger partial charge in [-0.05, 0) is 72.4 Å². The lowest BCUT2D eigenvalue weighted by molar-refractivity contribution is 0.218. The second-order valence-corrected chi connectivity index (χ2v) is 4.86. The van der Waals surface area contributed by atoms with Crippen LogP contribution in [-0.2, 0) is 0 Å². The summed E-state index contributed by atoms with van der Waals surface area (Å²) in [5.41, 5.74) is 0. The number of aliphatic hydroxyl groups is 2.